The van der Waals surface area contributed by atoms with Gasteiger partial charge < -0.3 is 44.1 Å². The molecule has 0 radical (unpaired) electrons. The van der Waals surface area contributed by atoms with Crippen molar-refractivity contribution in [1.82, 2.24) is 20.0 Å². The quantitative estimate of drug-likeness (QED) is 0.0658. The van der Waals surface area contributed by atoms with Gasteiger partial charge in [0.05, 0.1) is 69.1 Å². The minimum Gasteiger partial charge on any atom is -0.497 e. The van der Waals surface area contributed by atoms with Crippen LogP contribution in [0.15, 0.2) is 107 Å². The van der Waals surface area contributed by atoms with Crippen molar-refractivity contribution in [2.45, 2.75) is 70.0 Å². The van der Waals surface area contributed by atoms with Crippen LogP contribution in [0.1, 0.15) is 83.7 Å². The van der Waals surface area contributed by atoms with E-state index in [1.807, 2.05) is 48.8 Å². The third-order valence-corrected chi connectivity index (χ3v) is 13.2. The molecule has 5 aliphatic rings. The number of amides is 6. The highest BCUT2D eigenvalue weighted by molar-refractivity contribution is 6.13. The van der Waals surface area contributed by atoms with Gasteiger partial charge in [0.2, 0.25) is 11.8 Å². The van der Waals surface area contributed by atoms with Crippen molar-refractivity contribution >= 4 is 76.1 Å². The summed E-state index contributed by atoms with van der Waals surface area (Å²) in [5.74, 6) is 0.701. The monoisotopic (exact) mass is 989 g/mol. The van der Waals surface area contributed by atoms with Gasteiger partial charge in [-0.1, -0.05) is 30.7 Å². The maximum Gasteiger partial charge on any atom is 0.260 e. The van der Waals surface area contributed by atoms with Crippen LogP contribution < -0.4 is 34.3 Å². The number of hydrogen-bond donors (Lipinski definition) is 2. The van der Waals surface area contributed by atoms with Crippen molar-refractivity contribution in [3.05, 3.63) is 120 Å². The van der Waals surface area contributed by atoms with E-state index in [1.54, 1.807) is 72.7 Å². The molecular formula is C55H55N7O11. The molecule has 5 heterocycles. The predicted octanol–water partition coefficient (Wildman–Crippen LogP) is 7.43. The fraction of sp³-hybridized carbons (Fsp3) is 0.309. The van der Waals surface area contributed by atoms with Gasteiger partial charge in [-0.2, -0.15) is 0 Å². The van der Waals surface area contributed by atoms with E-state index in [0.29, 0.717) is 96.3 Å². The number of hydrogen-bond acceptors (Lipinski definition) is 13. The summed E-state index contributed by atoms with van der Waals surface area (Å²) in [4.78, 5) is 90.6. The Morgan fingerprint density at radius 3 is 1.67 bits per heavy atom. The first kappa shape index (κ1) is 49.4. The fourth-order valence-electron chi connectivity index (χ4n) is 9.15. The molecule has 0 saturated carbocycles. The molecule has 0 unspecified atom stereocenters. The Balaban J connectivity index is 0.748. The van der Waals surface area contributed by atoms with Crippen molar-refractivity contribution in [3.8, 4) is 28.7 Å². The van der Waals surface area contributed by atoms with E-state index in [2.05, 4.69) is 10.6 Å². The molecule has 2 N–H and O–H groups in total. The second kappa shape index (κ2) is 21.8. The summed E-state index contributed by atoms with van der Waals surface area (Å²) >= 11 is 0. The van der Waals surface area contributed by atoms with Gasteiger partial charge in [-0.05, 0) is 78.4 Å². The second-order valence-corrected chi connectivity index (χ2v) is 18.0. The summed E-state index contributed by atoms with van der Waals surface area (Å²) in [6.07, 6.45) is 13.4. The number of carbonyl (C=O) groups excluding carboxylic acids is 6. The predicted molar refractivity (Wildman–Crippen MR) is 273 cm³/mol. The summed E-state index contributed by atoms with van der Waals surface area (Å²) in [6, 6.07) is 20.4. The molecule has 0 aromatic heterocycles. The number of nitrogens with one attached hydrogen (secondary N) is 2. The largest absolute Gasteiger partial charge is 0.497 e. The first-order valence-corrected chi connectivity index (χ1v) is 24.1. The minimum atomic E-state index is -0.780. The van der Waals surface area contributed by atoms with Gasteiger partial charge in [0.1, 0.15) is 11.8 Å². The maximum absolute atomic E-state index is 14.0. The average Bonchev–Trinajstić information content (AvgIpc) is 4.08. The highest BCUT2D eigenvalue weighted by atomic mass is 16.5. The molecule has 6 amide bonds. The summed E-state index contributed by atoms with van der Waals surface area (Å²) in [5, 5.41) is 5.56. The number of methoxy groups -OCH3 is 3. The number of unbranched alkanes of at least 4 members (excludes halogenated alkanes) is 2. The maximum atomic E-state index is 14.0. The molecule has 0 bridgehead atoms. The van der Waals surface area contributed by atoms with Crippen LogP contribution in [0.25, 0.3) is 11.1 Å². The Kier molecular flexibility index (Phi) is 14.8. The lowest BCUT2D eigenvalue weighted by molar-refractivity contribution is -0.137. The zero-order valence-corrected chi connectivity index (χ0v) is 40.9. The van der Waals surface area contributed by atoms with E-state index in [4.69, 9.17) is 33.7 Å². The van der Waals surface area contributed by atoms with Crippen LogP contribution in [0.4, 0.5) is 17.1 Å². The van der Waals surface area contributed by atoms with Gasteiger partial charge in [0.25, 0.3) is 23.6 Å². The molecule has 0 saturated heterocycles. The molecular weight excluding hydrogens is 935 g/mol. The number of imide groups is 1. The Bertz CT molecular complexity index is 2980. The zero-order chi connectivity index (χ0) is 51.2. The van der Waals surface area contributed by atoms with E-state index < -0.39 is 6.04 Å². The number of carbonyl (C=O) groups is 6. The number of fused-ring (bicyclic) bond motifs is 4. The summed E-state index contributed by atoms with van der Waals surface area (Å²) < 4.78 is 28.9. The van der Waals surface area contributed by atoms with Gasteiger partial charge in [-0.3, -0.25) is 43.7 Å². The number of benzene rings is 4. The van der Waals surface area contributed by atoms with Gasteiger partial charge >= 0.3 is 0 Å². The number of nitrogens with zero attached hydrogens (tertiary/aromatic N) is 5. The van der Waals surface area contributed by atoms with E-state index in [9.17, 15) is 28.8 Å². The van der Waals surface area contributed by atoms with Crippen molar-refractivity contribution in [3.63, 3.8) is 0 Å². The fourth-order valence-corrected chi connectivity index (χ4v) is 9.15. The lowest BCUT2D eigenvalue weighted by Crippen LogP contribution is -2.41. The summed E-state index contributed by atoms with van der Waals surface area (Å²) in [5.41, 5.74) is 6.09. The van der Waals surface area contributed by atoms with Crippen molar-refractivity contribution < 1.29 is 52.5 Å². The molecule has 9 rings (SSSR count). The Hall–Kier alpha value is -8.54. The number of aliphatic imine (C=N–C) groups is 2. The van der Waals surface area contributed by atoms with Crippen molar-refractivity contribution in [2.75, 3.05) is 46.4 Å². The van der Waals surface area contributed by atoms with Crippen LogP contribution in [0.2, 0.25) is 0 Å². The normalized spacial score (nSPS) is 17.7. The Morgan fingerprint density at radius 2 is 1.16 bits per heavy atom. The first-order valence-electron chi connectivity index (χ1n) is 24.1. The molecule has 5 aliphatic heterocycles. The van der Waals surface area contributed by atoms with E-state index in [-0.39, 0.29) is 67.2 Å². The van der Waals surface area contributed by atoms with E-state index in [1.165, 1.54) is 31.3 Å². The molecule has 376 valence electrons. The van der Waals surface area contributed by atoms with Gasteiger partial charge in [0.15, 0.2) is 23.0 Å². The SMILES string of the molecule is COc1ccc(C2=CN3C(=O)c4cc(OC)c(OCCCOc5cc6c(cc5OC)C(=O)N5C=C(c7ccc(NC(=O)[C@H](C)NC(=O)CCCCCN8C(=O)C=CC8=O)cc7)C[C@H]5C=N6)cc4N=C[C@@H]3C2)cc1. The molecule has 0 aliphatic carbocycles. The average molecular weight is 990 g/mol. The highest BCUT2D eigenvalue weighted by Gasteiger charge is 2.35. The third-order valence-electron chi connectivity index (χ3n) is 13.2. The van der Waals surface area contributed by atoms with Crippen LogP contribution >= 0.6 is 0 Å². The van der Waals surface area contributed by atoms with Crippen LogP contribution in [0.5, 0.6) is 28.7 Å². The van der Waals surface area contributed by atoms with Gasteiger partial charge in [-0.25, -0.2) is 0 Å². The number of ether oxygens (including phenoxy) is 5. The van der Waals surface area contributed by atoms with Crippen LogP contribution in [0, 0.1) is 0 Å². The van der Waals surface area contributed by atoms with Gasteiger partial charge in [-0.15, -0.1) is 0 Å². The topological polar surface area (TPSA) is 207 Å². The summed E-state index contributed by atoms with van der Waals surface area (Å²) in [7, 11) is 4.66. The smallest absolute Gasteiger partial charge is 0.260 e. The Labute approximate surface area is 422 Å². The standard InChI is InChI=1S/C55H55N7O11/c1-33(58-50(63)9-6-5-7-20-60-51(64)18-19-52(60)65)53(66)59-38-14-10-34(11-15-38)36-23-39-29-56-44-27-48(46(70-3)25-42(44)54(67)61(39)31-36)72-21-8-22-73-49-28-45-43(26-47(49)71-4)55(68)62-32-37(24-40(62)30-57-45)35-12-16-41(69-2)17-13-35/h10-19,25-33,39-40H,5-9,20-24H2,1-4H3,(H,58,63)(H,59,66)/t33-,39-,40-/m0/s1. The van der Waals surface area contributed by atoms with E-state index >= 15 is 0 Å². The molecule has 3 atom stereocenters. The van der Waals surface area contributed by atoms with Crippen LogP contribution in [-0.2, 0) is 19.2 Å². The van der Waals surface area contributed by atoms with Crippen molar-refractivity contribution in [1.29, 1.82) is 0 Å². The first-order chi connectivity index (χ1) is 35.4. The minimum absolute atomic E-state index is 0.180. The van der Waals surface area contributed by atoms with E-state index in [0.717, 1.165) is 28.0 Å². The summed E-state index contributed by atoms with van der Waals surface area (Å²) in [6.45, 7) is 2.44. The van der Waals surface area contributed by atoms with Gasteiger partial charge in [0, 0.05) is 87.0 Å². The third kappa shape index (κ3) is 10.9. The Morgan fingerprint density at radius 1 is 0.644 bits per heavy atom. The van der Waals surface area contributed by atoms with Crippen LogP contribution in [0.3, 0.4) is 0 Å². The zero-order valence-electron chi connectivity index (χ0n) is 40.9. The second-order valence-electron chi connectivity index (χ2n) is 18.0. The van der Waals surface area contributed by atoms with Crippen molar-refractivity contribution in [2.24, 2.45) is 9.98 Å². The lowest BCUT2D eigenvalue weighted by atomic mass is 10.0. The molecule has 0 fully saturated rings. The molecule has 0 spiro atoms. The van der Waals surface area contributed by atoms with Crippen LogP contribution in [-0.4, -0.2) is 122 Å². The molecule has 4 aromatic rings. The molecule has 73 heavy (non-hydrogen) atoms. The molecule has 18 nitrogen and oxygen atoms in total. The molecule has 4 aromatic carbocycles. The number of anilines is 1. The molecule has 18 heteroatoms. The lowest BCUT2D eigenvalue weighted by Gasteiger charge is -2.19. The number of rotatable bonds is 20. The highest BCUT2D eigenvalue weighted by Crippen LogP contribution is 2.42.